The Morgan fingerprint density at radius 1 is 1.39 bits per heavy atom. The molecule has 0 fully saturated rings. The zero-order valence-corrected chi connectivity index (χ0v) is 10.9. The van der Waals surface area contributed by atoms with Crippen LogP contribution in [0.2, 0.25) is 5.02 Å². The highest BCUT2D eigenvalue weighted by molar-refractivity contribution is 6.33. The fourth-order valence-electron chi connectivity index (χ4n) is 1.57. The molecule has 1 heterocycles. The molecule has 0 saturated carbocycles. The molecule has 0 unspecified atom stereocenters. The van der Waals surface area contributed by atoms with Crippen LogP contribution in [0.15, 0.2) is 34.9 Å². The molecule has 96 valence electrons. The molecule has 0 saturated heterocycles. The van der Waals surface area contributed by atoms with Gasteiger partial charge in [0.1, 0.15) is 0 Å². The van der Waals surface area contributed by atoms with Crippen molar-refractivity contribution >= 4 is 11.6 Å². The van der Waals surface area contributed by atoms with Gasteiger partial charge in [0.2, 0.25) is 0 Å². The number of hydrogen-bond acceptors (Lipinski definition) is 4. The molecule has 5 heteroatoms. The van der Waals surface area contributed by atoms with Crippen molar-refractivity contribution in [3.05, 3.63) is 41.0 Å². The molecule has 1 aromatic heterocycles. The van der Waals surface area contributed by atoms with Crippen LogP contribution in [-0.4, -0.2) is 25.4 Å². The van der Waals surface area contributed by atoms with Gasteiger partial charge in [-0.05, 0) is 12.1 Å². The summed E-state index contributed by atoms with van der Waals surface area (Å²) in [5, 5.41) is 7.86. The molecule has 1 N–H and O–H groups in total. The van der Waals surface area contributed by atoms with E-state index in [1.54, 1.807) is 7.11 Å². The van der Waals surface area contributed by atoms with E-state index in [9.17, 15) is 0 Å². The number of halogens is 1. The van der Waals surface area contributed by atoms with Crippen LogP contribution in [-0.2, 0) is 11.3 Å². The summed E-state index contributed by atoms with van der Waals surface area (Å²) in [4.78, 5) is 0. The Hall–Kier alpha value is -1.36. The standard InChI is InChI=1S/C13H15ClN2O2/c1-17-7-6-15-9-10-8-13(18-16-10)11-4-2-3-5-12(11)14/h2-5,8,15H,6-7,9H2,1H3. The molecule has 0 aliphatic heterocycles. The second-order valence-electron chi connectivity index (χ2n) is 3.83. The topological polar surface area (TPSA) is 47.3 Å². The number of benzene rings is 1. The molecule has 2 rings (SSSR count). The van der Waals surface area contributed by atoms with E-state index in [0.717, 1.165) is 17.8 Å². The van der Waals surface area contributed by atoms with Gasteiger partial charge >= 0.3 is 0 Å². The zero-order chi connectivity index (χ0) is 12.8. The van der Waals surface area contributed by atoms with Crippen molar-refractivity contribution in [2.24, 2.45) is 0 Å². The number of nitrogens with zero attached hydrogens (tertiary/aromatic N) is 1. The fourth-order valence-corrected chi connectivity index (χ4v) is 1.80. The van der Waals surface area contributed by atoms with Crippen molar-refractivity contribution in [1.29, 1.82) is 0 Å². The van der Waals surface area contributed by atoms with Crippen molar-refractivity contribution in [2.75, 3.05) is 20.3 Å². The normalized spacial score (nSPS) is 10.8. The molecule has 0 amide bonds. The van der Waals surface area contributed by atoms with Gasteiger partial charge in [-0.25, -0.2) is 0 Å². The Labute approximate surface area is 111 Å². The number of rotatable bonds is 6. The van der Waals surface area contributed by atoms with Gasteiger partial charge in [-0.2, -0.15) is 0 Å². The lowest BCUT2D eigenvalue weighted by molar-refractivity contribution is 0.199. The molecule has 1 aromatic carbocycles. The Balaban J connectivity index is 2.00. The van der Waals surface area contributed by atoms with Crippen LogP contribution in [0.1, 0.15) is 5.69 Å². The third-order valence-corrected chi connectivity index (χ3v) is 2.82. The summed E-state index contributed by atoms with van der Waals surface area (Å²) in [5.74, 6) is 0.684. The fraction of sp³-hybridized carbons (Fsp3) is 0.308. The van der Waals surface area contributed by atoms with Crippen molar-refractivity contribution in [1.82, 2.24) is 10.5 Å². The van der Waals surface area contributed by atoms with Crippen LogP contribution in [0.3, 0.4) is 0 Å². The average Bonchev–Trinajstić information content (AvgIpc) is 2.84. The quantitative estimate of drug-likeness (QED) is 0.817. The van der Waals surface area contributed by atoms with E-state index in [1.165, 1.54) is 0 Å². The largest absolute Gasteiger partial charge is 0.383 e. The van der Waals surface area contributed by atoms with Crippen LogP contribution in [0.4, 0.5) is 0 Å². The summed E-state index contributed by atoms with van der Waals surface area (Å²) in [6, 6.07) is 9.43. The molecular formula is C13H15ClN2O2. The SMILES string of the molecule is COCCNCc1cc(-c2ccccc2Cl)on1. The Morgan fingerprint density at radius 2 is 2.22 bits per heavy atom. The summed E-state index contributed by atoms with van der Waals surface area (Å²) in [6.07, 6.45) is 0. The van der Waals surface area contributed by atoms with Crippen molar-refractivity contribution < 1.29 is 9.26 Å². The van der Waals surface area contributed by atoms with Crippen molar-refractivity contribution in [2.45, 2.75) is 6.54 Å². The van der Waals surface area contributed by atoms with Gasteiger partial charge in [-0.3, -0.25) is 0 Å². The third kappa shape index (κ3) is 3.32. The lowest BCUT2D eigenvalue weighted by Crippen LogP contribution is -2.18. The maximum atomic E-state index is 6.09. The molecular weight excluding hydrogens is 252 g/mol. The molecule has 0 spiro atoms. The van der Waals surface area contributed by atoms with Gasteiger partial charge in [0, 0.05) is 31.8 Å². The van der Waals surface area contributed by atoms with Gasteiger partial charge < -0.3 is 14.6 Å². The van der Waals surface area contributed by atoms with Crippen LogP contribution in [0, 0.1) is 0 Å². The van der Waals surface area contributed by atoms with E-state index in [4.69, 9.17) is 20.9 Å². The number of methoxy groups -OCH3 is 1. The van der Waals surface area contributed by atoms with Gasteiger partial charge in [-0.1, -0.05) is 28.9 Å². The predicted octanol–water partition coefficient (Wildman–Crippen LogP) is 2.73. The molecule has 18 heavy (non-hydrogen) atoms. The summed E-state index contributed by atoms with van der Waals surface area (Å²) in [6.45, 7) is 2.11. The molecule has 0 aliphatic carbocycles. The first kappa shape index (κ1) is 13.1. The Kier molecular flexibility index (Phi) is 4.75. The van der Waals surface area contributed by atoms with Gasteiger partial charge in [0.05, 0.1) is 17.3 Å². The smallest absolute Gasteiger partial charge is 0.168 e. The number of hydrogen-bond donors (Lipinski definition) is 1. The maximum Gasteiger partial charge on any atom is 0.168 e. The maximum absolute atomic E-state index is 6.09. The lowest BCUT2D eigenvalue weighted by atomic mass is 10.1. The third-order valence-electron chi connectivity index (χ3n) is 2.49. The highest BCUT2D eigenvalue weighted by Crippen LogP contribution is 2.27. The lowest BCUT2D eigenvalue weighted by Gasteiger charge is -1.99. The minimum Gasteiger partial charge on any atom is -0.383 e. The highest BCUT2D eigenvalue weighted by Gasteiger charge is 2.09. The zero-order valence-electron chi connectivity index (χ0n) is 10.1. The number of aromatic nitrogens is 1. The monoisotopic (exact) mass is 266 g/mol. The average molecular weight is 267 g/mol. The number of ether oxygens (including phenoxy) is 1. The predicted molar refractivity (Wildman–Crippen MR) is 70.5 cm³/mol. The van der Waals surface area contributed by atoms with Crippen LogP contribution in [0.5, 0.6) is 0 Å². The second-order valence-corrected chi connectivity index (χ2v) is 4.24. The first-order valence-electron chi connectivity index (χ1n) is 5.71. The molecule has 0 atom stereocenters. The van der Waals surface area contributed by atoms with Crippen LogP contribution in [0.25, 0.3) is 11.3 Å². The van der Waals surface area contributed by atoms with Crippen molar-refractivity contribution in [3.63, 3.8) is 0 Å². The Bertz CT molecular complexity index is 499. The molecule has 4 nitrogen and oxygen atoms in total. The van der Waals surface area contributed by atoms with Crippen LogP contribution >= 0.6 is 11.6 Å². The van der Waals surface area contributed by atoms with E-state index < -0.39 is 0 Å². The molecule has 0 radical (unpaired) electrons. The van der Waals surface area contributed by atoms with E-state index in [0.29, 0.717) is 23.9 Å². The second kappa shape index (κ2) is 6.54. The van der Waals surface area contributed by atoms with Crippen LogP contribution < -0.4 is 5.32 Å². The minimum absolute atomic E-state index is 0.650. The van der Waals surface area contributed by atoms with E-state index in [-0.39, 0.29) is 0 Å². The Morgan fingerprint density at radius 3 is 3.00 bits per heavy atom. The van der Waals surface area contributed by atoms with E-state index >= 15 is 0 Å². The van der Waals surface area contributed by atoms with E-state index in [1.807, 2.05) is 30.3 Å². The molecule has 0 aliphatic rings. The molecule has 0 bridgehead atoms. The summed E-state index contributed by atoms with van der Waals surface area (Å²) < 4.78 is 10.2. The van der Waals surface area contributed by atoms with Gasteiger partial charge in [0.15, 0.2) is 5.76 Å². The first-order chi connectivity index (χ1) is 8.81. The molecule has 2 aromatic rings. The van der Waals surface area contributed by atoms with E-state index in [2.05, 4.69) is 10.5 Å². The first-order valence-corrected chi connectivity index (χ1v) is 6.09. The minimum atomic E-state index is 0.650. The summed E-state index contributed by atoms with van der Waals surface area (Å²) in [5.41, 5.74) is 1.70. The number of nitrogens with one attached hydrogen (secondary N) is 1. The highest BCUT2D eigenvalue weighted by atomic mass is 35.5. The van der Waals surface area contributed by atoms with Crippen molar-refractivity contribution in [3.8, 4) is 11.3 Å². The summed E-state index contributed by atoms with van der Waals surface area (Å²) in [7, 11) is 1.67. The van der Waals surface area contributed by atoms with Gasteiger partial charge in [0.25, 0.3) is 0 Å². The van der Waals surface area contributed by atoms with Gasteiger partial charge in [-0.15, -0.1) is 0 Å². The summed E-state index contributed by atoms with van der Waals surface area (Å²) >= 11 is 6.09.